The molecule has 2 saturated carbocycles. The van der Waals surface area contributed by atoms with E-state index in [1.165, 1.54) is 0 Å². The molecule has 184 valence electrons. The Bertz CT molecular complexity index is 1360. The lowest BCUT2D eigenvalue weighted by atomic mass is 9.84. The molecule has 1 aliphatic heterocycles. The van der Waals surface area contributed by atoms with Gasteiger partial charge in [-0.25, -0.2) is 4.98 Å². The van der Waals surface area contributed by atoms with E-state index >= 15 is 0 Å². The number of imidazole rings is 1. The number of pyridine rings is 1. The van der Waals surface area contributed by atoms with Crippen molar-refractivity contribution in [3.8, 4) is 5.88 Å². The number of nitrogens with one attached hydrogen (secondary N) is 1. The normalized spacial score (nSPS) is 26.3. The van der Waals surface area contributed by atoms with Crippen LogP contribution in [0.4, 0.5) is 5.69 Å². The van der Waals surface area contributed by atoms with Gasteiger partial charge in [0.15, 0.2) is 0 Å². The van der Waals surface area contributed by atoms with E-state index in [1.807, 2.05) is 20.0 Å². The van der Waals surface area contributed by atoms with Gasteiger partial charge in [0.25, 0.3) is 11.5 Å². The molecular weight excluding hydrogens is 446 g/mol. The summed E-state index contributed by atoms with van der Waals surface area (Å²) < 4.78 is 15.6. The van der Waals surface area contributed by atoms with Crippen molar-refractivity contribution in [2.45, 2.75) is 82.5 Å². The van der Waals surface area contributed by atoms with Gasteiger partial charge >= 0.3 is 0 Å². The van der Waals surface area contributed by atoms with E-state index in [4.69, 9.17) is 14.5 Å². The lowest BCUT2D eigenvalue weighted by Crippen LogP contribution is -2.26. The summed E-state index contributed by atoms with van der Waals surface area (Å²) in [4.78, 5) is 35.7. The number of anilines is 1. The maximum atomic E-state index is 13.4. The molecule has 3 aliphatic rings. The highest BCUT2D eigenvalue weighted by molar-refractivity contribution is 6.05. The molecule has 4 heterocycles. The van der Waals surface area contributed by atoms with Gasteiger partial charge in [0.2, 0.25) is 11.7 Å². The minimum atomic E-state index is -0.436. The Morgan fingerprint density at radius 2 is 2.14 bits per heavy atom. The zero-order chi connectivity index (χ0) is 24.4. The third-order valence-corrected chi connectivity index (χ3v) is 7.79. The van der Waals surface area contributed by atoms with Crippen molar-refractivity contribution in [2.75, 3.05) is 11.9 Å². The average Bonchev–Trinajstić information content (AvgIpc) is 3.37. The fraction of sp³-hybridized carbons (Fsp3) is 0.538. The molecule has 0 unspecified atom stereocenters. The van der Waals surface area contributed by atoms with E-state index in [2.05, 4.69) is 17.2 Å². The highest BCUT2D eigenvalue weighted by atomic mass is 16.5. The Morgan fingerprint density at radius 3 is 2.80 bits per heavy atom. The SMILES string of the molecule is CC[C@@H](C)Oc1nc2nc([C@]34CC[C@](C)(C3)OC4)cn2cc1C(=O)Nc1cccn(C2CC2)c1=O. The van der Waals surface area contributed by atoms with E-state index in [9.17, 15) is 9.59 Å². The van der Waals surface area contributed by atoms with Crippen molar-refractivity contribution < 1.29 is 14.3 Å². The molecule has 9 heteroatoms. The van der Waals surface area contributed by atoms with Gasteiger partial charge < -0.3 is 19.4 Å². The van der Waals surface area contributed by atoms with E-state index in [-0.39, 0.29) is 45.9 Å². The van der Waals surface area contributed by atoms with Gasteiger partial charge in [-0.2, -0.15) is 4.98 Å². The quantitative estimate of drug-likeness (QED) is 0.555. The molecule has 2 bridgehead atoms. The number of rotatable bonds is 7. The van der Waals surface area contributed by atoms with Crippen molar-refractivity contribution in [2.24, 2.45) is 0 Å². The highest BCUT2D eigenvalue weighted by Crippen LogP contribution is 2.53. The van der Waals surface area contributed by atoms with E-state index in [0.717, 1.165) is 44.2 Å². The zero-order valence-electron chi connectivity index (χ0n) is 20.4. The van der Waals surface area contributed by atoms with E-state index in [1.54, 1.807) is 33.5 Å². The smallest absolute Gasteiger partial charge is 0.274 e. The van der Waals surface area contributed by atoms with Crippen molar-refractivity contribution in [1.82, 2.24) is 18.9 Å². The molecule has 0 radical (unpaired) electrons. The first kappa shape index (κ1) is 22.3. The number of carbonyl (C=O) groups is 1. The first-order valence-corrected chi connectivity index (χ1v) is 12.5. The molecule has 3 aromatic rings. The maximum Gasteiger partial charge on any atom is 0.274 e. The van der Waals surface area contributed by atoms with Gasteiger partial charge in [-0.1, -0.05) is 6.92 Å². The number of hydrogen-bond acceptors (Lipinski definition) is 6. The topological polar surface area (TPSA) is 99.8 Å². The zero-order valence-corrected chi connectivity index (χ0v) is 20.4. The molecule has 1 N–H and O–H groups in total. The summed E-state index contributed by atoms with van der Waals surface area (Å²) in [5, 5.41) is 2.79. The van der Waals surface area contributed by atoms with Gasteiger partial charge in [0, 0.05) is 30.0 Å². The van der Waals surface area contributed by atoms with Crippen LogP contribution >= 0.6 is 0 Å². The van der Waals surface area contributed by atoms with Crippen molar-refractivity contribution in [3.05, 3.63) is 52.3 Å². The van der Waals surface area contributed by atoms with Crippen LogP contribution in [-0.2, 0) is 10.2 Å². The summed E-state index contributed by atoms with van der Waals surface area (Å²) in [7, 11) is 0. The third kappa shape index (κ3) is 3.82. The molecule has 9 nitrogen and oxygen atoms in total. The predicted molar refractivity (Wildman–Crippen MR) is 130 cm³/mol. The molecule has 35 heavy (non-hydrogen) atoms. The van der Waals surface area contributed by atoms with Crippen LogP contribution in [0.1, 0.15) is 81.4 Å². The molecule has 1 amide bonds. The molecule has 3 atom stereocenters. The Balaban J connectivity index is 1.37. The number of amides is 1. The Morgan fingerprint density at radius 1 is 1.31 bits per heavy atom. The summed E-state index contributed by atoms with van der Waals surface area (Å²) in [5.74, 6) is 0.270. The number of nitrogens with zero attached hydrogens (tertiary/aromatic N) is 4. The number of ether oxygens (including phenoxy) is 2. The van der Waals surface area contributed by atoms with Gasteiger partial charge in [-0.05, 0) is 64.5 Å². The first-order valence-electron chi connectivity index (χ1n) is 12.5. The maximum absolute atomic E-state index is 13.4. The second kappa shape index (κ2) is 7.91. The molecule has 1 saturated heterocycles. The van der Waals surface area contributed by atoms with Gasteiger partial charge in [-0.3, -0.25) is 14.0 Å². The van der Waals surface area contributed by atoms with Crippen LogP contribution in [0.15, 0.2) is 35.5 Å². The summed E-state index contributed by atoms with van der Waals surface area (Å²) in [5.41, 5.74) is 1.06. The Labute approximate surface area is 203 Å². The fourth-order valence-electron chi connectivity index (χ4n) is 5.36. The standard InChI is InChI=1S/C26H31N5O4/c1-4-16(2)35-22-18(21(32)27-19-6-5-11-31(23(19)33)17-7-8-17)12-30-13-20(28-24(30)29-22)26-10-9-25(3,14-26)34-15-26/h5-6,11-13,16-17H,4,7-10,14-15H2,1-3H3,(H,27,32)/t16-,25-,26-/m1/s1. The van der Waals surface area contributed by atoms with Crippen molar-refractivity contribution in [1.29, 1.82) is 0 Å². The van der Waals surface area contributed by atoms with E-state index in [0.29, 0.717) is 12.4 Å². The highest BCUT2D eigenvalue weighted by Gasteiger charge is 2.55. The second-order valence-corrected chi connectivity index (χ2v) is 10.6. The van der Waals surface area contributed by atoms with Crippen LogP contribution in [0.3, 0.4) is 0 Å². The van der Waals surface area contributed by atoms with Crippen LogP contribution in [0.5, 0.6) is 5.88 Å². The Hall–Kier alpha value is -3.20. The number of hydrogen-bond donors (Lipinski definition) is 1. The lowest BCUT2D eigenvalue weighted by Gasteiger charge is -2.24. The monoisotopic (exact) mass is 477 g/mol. The third-order valence-electron chi connectivity index (χ3n) is 7.79. The number of aromatic nitrogens is 4. The number of carbonyl (C=O) groups excluding carboxylic acids is 1. The van der Waals surface area contributed by atoms with Crippen LogP contribution in [0, 0.1) is 0 Å². The largest absolute Gasteiger partial charge is 0.474 e. The summed E-state index contributed by atoms with van der Waals surface area (Å²) in [6.45, 7) is 6.76. The second-order valence-electron chi connectivity index (χ2n) is 10.6. The van der Waals surface area contributed by atoms with Crippen molar-refractivity contribution >= 4 is 17.4 Å². The summed E-state index contributed by atoms with van der Waals surface area (Å²) >= 11 is 0. The van der Waals surface area contributed by atoms with Crippen LogP contribution in [-0.4, -0.2) is 43.2 Å². The molecule has 0 spiro atoms. The van der Waals surface area contributed by atoms with Crippen LogP contribution in [0.2, 0.25) is 0 Å². The predicted octanol–water partition coefficient (Wildman–Crippen LogP) is 3.87. The average molecular weight is 478 g/mol. The molecular formula is C26H31N5O4. The van der Waals surface area contributed by atoms with E-state index < -0.39 is 5.91 Å². The summed E-state index contributed by atoms with van der Waals surface area (Å²) in [6, 6.07) is 3.64. The lowest BCUT2D eigenvalue weighted by molar-refractivity contribution is -0.00627. The molecule has 0 aromatic carbocycles. The Kier molecular flexibility index (Phi) is 5.03. The van der Waals surface area contributed by atoms with Gasteiger partial charge in [0.05, 0.1) is 24.0 Å². The first-order chi connectivity index (χ1) is 16.8. The van der Waals surface area contributed by atoms with Gasteiger partial charge in [0.1, 0.15) is 11.3 Å². The number of fused-ring (bicyclic) bond motifs is 3. The fourth-order valence-corrected chi connectivity index (χ4v) is 5.36. The van der Waals surface area contributed by atoms with Crippen LogP contribution in [0.25, 0.3) is 5.78 Å². The molecule has 2 aliphatic carbocycles. The minimum Gasteiger partial charge on any atom is -0.474 e. The molecule has 3 aromatic heterocycles. The van der Waals surface area contributed by atoms with Crippen molar-refractivity contribution in [3.63, 3.8) is 0 Å². The molecule has 6 rings (SSSR count). The molecule has 3 fully saturated rings. The van der Waals surface area contributed by atoms with Crippen LogP contribution < -0.4 is 15.6 Å². The summed E-state index contributed by atoms with van der Waals surface area (Å²) in [6.07, 6.45) is 11.0. The minimum absolute atomic E-state index is 0.0812. The van der Waals surface area contributed by atoms with Gasteiger partial charge in [-0.15, -0.1) is 0 Å².